The maximum atomic E-state index is 11.5. The fourth-order valence-corrected chi connectivity index (χ4v) is 2.56. The van der Waals surface area contributed by atoms with Crippen LogP contribution in [0.4, 0.5) is 0 Å². The molecule has 1 atom stereocenters. The Morgan fingerprint density at radius 3 is 3.00 bits per heavy atom. The zero-order valence-electron chi connectivity index (χ0n) is 11.1. The van der Waals surface area contributed by atoms with Crippen molar-refractivity contribution >= 4 is 35.0 Å². The number of aliphatic carboxylic acids is 1. The largest absolute Gasteiger partial charge is 0.550 e. The summed E-state index contributed by atoms with van der Waals surface area (Å²) in [6.45, 7) is 0. The van der Waals surface area contributed by atoms with E-state index in [1.165, 1.54) is 6.21 Å². The van der Waals surface area contributed by atoms with E-state index in [1.54, 1.807) is 13.2 Å². The fraction of sp³-hybridized carbons (Fsp3) is 0.231. The smallest absolute Gasteiger partial charge is 0.239 e. The van der Waals surface area contributed by atoms with Gasteiger partial charge in [0.05, 0.1) is 18.6 Å². The summed E-state index contributed by atoms with van der Waals surface area (Å²) in [6.07, 6.45) is 1.14. The summed E-state index contributed by atoms with van der Waals surface area (Å²) in [5.74, 6) is -1.03. The molecule has 2 rings (SSSR count). The molecule has 7 nitrogen and oxygen atoms in total. The first-order valence-electron chi connectivity index (χ1n) is 6.01. The number of carbonyl (C=O) groups is 2. The van der Waals surface area contributed by atoms with Crippen LogP contribution in [0, 0.1) is 0 Å². The second kappa shape index (κ2) is 6.89. The van der Waals surface area contributed by atoms with Crippen LogP contribution >= 0.6 is 11.8 Å². The molecule has 1 aliphatic heterocycles. The van der Waals surface area contributed by atoms with Crippen molar-refractivity contribution in [1.82, 2.24) is 5.32 Å². The lowest BCUT2D eigenvalue weighted by molar-refractivity contribution is -0.305. The topological polar surface area (TPSA) is 103 Å². The number of amides is 1. The fourth-order valence-electron chi connectivity index (χ4n) is 1.65. The maximum Gasteiger partial charge on any atom is 0.239 e. The van der Waals surface area contributed by atoms with Gasteiger partial charge in [-0.05, 0) is 12.1 Å². The number of carboxylic acid groups (broad SMARTS) is 1. The van der Waals surface area contributed by atoms with E-state index in [9.17, 15) is 14.7 Å². The number of hydrogen-bond donors (Lipinski definition) is 1. The minimum Gasteiger partial charge on any atom is -0.550 e. The lowest BCUT2D eigenvalue weighted by atomic mass is 10.2. The first kappa shape index (κ1) is 15.0. The Morgan fingerprint density at radius 2 is 2.29 bits per heavy atom. The number of thioether (sulfide) groups is 1. The highest BCUT2D eigenvalue weighted by Gasteiger charge is 2.30. The first-order valence-corrected chi connectivity index (χ1v) is 6.89. The summed E-state index contributed by atoms with van der Waals surface area (Å²) in [5.41, 5.74) is 0.741. The lowest BCUT2D eigenvalue weighted by Crippen LogP contribution is -2.31. The van der Waals surface area contributed by atoms with Gasteiger partial charge in [-0.2, -0.15) is 5.10 Å². The SMILES string of the molecule is COc1ccccc1/C=N\N=C1\NC(=O)[C@H](CC(=O)[O-])S1. The van der Waals surface area contributed by atoms with Gasteiger partial charge in [-0.15, -0.1) is 5.10 Å². The number of amidine groups is 1. The van der Waals surface area contributed by atoms with Gasteiger partial charge >= 0.3 is 0 Å². The van der Waals surface area contributed by atoms with Crippen molar-refractivity contribution in [2.75, 3.05) is 7.11 Å². The van der Waals surface area contributed by atoms with E-state index in [4.69, 9.17) is 4.74 Å². The molecule has 21 heavy (non-hydrogen) atoms. The zero-order valence-corrected chi connectivity index (χ0v) is 11.9. The molecule has 1 amide bonds. The third-order valence-corrected chi connectivity index (χ3v) is 3.69. The molecule has 8 heteroatoms. The van der Waals surface area contributed by atoms with Crippen molar-refractivity contribution in [1.29, 1.82) is 0 Å². The van der Waals surface area contributed by atoms with E-state index < -0.39 is 17.1 Å². The minimum atomic E-state index is -1.28. The van der Waals surface area contributed by atoms with E-state index in [0.717, 1.165) is 17.3 Å². The zero-order chi connectivity index (χ0) is 15.2. The summed E-state index contributed by atoms with van der Waals surface area (Å²) >= 11 is 1.02. The van der Waals surface area contributed by atoms with Gasteiger partial charge in [-0.25, -0.2) is 0 Å². The summed E-state index contributed by atoms with van der Waals surface area (Å²) < 4.78 is 5.16. The van der Waals surface area contributed by atoms with Crippen LogP contribution < -0.4 is 15.2 Å². The molecule has 1 aromatic rings. The Hall–Kier alpha value is -2.35. The lowest BCUT2D eigenvalue weighted by Gasteiger charge is -2.04. The van der Waals surface area contributed by atoms with Gasteiger partial charge in [0.1, 0.15) is 5.75 Å². The highest BCUT2D eigenvalue weighted by atomic mass is 32.2. The highest BCUT2D eigenvalue weighted by Crippen LogP contribution is 2.22. The van der Waals surface area contributed by atoms with E-state index >= 15 is 0 Å². The van der Waals surface area contributed by atoms with Crippen molar-refractivity contribution < 1.29 is 19.4 Å². The predicted molar refractivity (Wildman–Crippen MR) is 77.2 cm³/mol. The van der Waals surface area contributed by atoms with Crippen LogP contribution in [0.1, 0.15) is 12.0 Å². The van der Waals surface area contributed by atoms with Crippen LogP contribution in [-0.4, -0.2) is 35.6 Å². The monoisotopic (exact) mass is 306 g/mol. The number of nitrogens with one attached hydrogen (secondary N) is 1. The maximum absolute atomic E-state index is 11.5. The van der Waals surface area contributed by atoms with Crippen LogP contribution in [0.15, 0.2) is 34.5 Å². The molecule has 110 valence electrons. The van der Waals surface area contributed by atoms with Crippen LogP contribution in [-0.2, 0) is 9.59 Å². The molecule has 0 unspecified atom stereocenters. The van der Waals surface area contributed by atoms with E-state index in [0.29, 0.717) is 5.75 Å². The molecule has 1 aliphatic rings. The number of carboxylic acids is 1. The van der Waals surface area contributed by atoms with Gasteiger partial charge in [0.25, 0.3) is 0 Å². The predicted octanol–water partition coefficient (Wildman–Crippen LogP) is -0.243. The number of carbonyl (C=O) groups excluding carboxylic acids is 2. The molecular weight excluding hydrogens is 294 g/mol. The standard InChI is InChI=1S/C13H13N3O4S/c1-20-9-5-3-2-4-8(9)7-14-16-13-15-12(19)10(21-13)6-11(17)18/h2-5,7,10H,6H2,1H3,(H,17,18)(H,15,16,19)/p-1/b14-7-/t10-/m0/s1. The molecule has 0 aliphatic carbocycles. The second-order valence-electron chi connectivity index (χ2n) is 4.06. The molecule has 1 fully saturated rings. The average molecular weight is 306 g/mol. The number of rotatable bonds is 5. The number of nitrogens with zero attached hydrogens (tertiary/aromatic N) is 2. The van der Waals surface area contributed by atoms with Crippen LogP contribution in [0.3, 0.4) is 0 Å². The van der Waals surface area contributed by atoms with E-state index in [2.05, 4.69) is 15.5 Å². The van der Waals surface area contributed by atoms with Gasteiger partial charge in [-0.3, -0.25) is 4.79 Å². The number of hydrogen-bond acceptors (Lipinski definition) is 7. The van der Waals surface area contributed by atoms with Crippen LogP contribution in [0.5, 0.6) is 5.75 Å². The van der Waals surface area contributed by atoms with Crippen LogP contribution in [0.2, 0.25) is 0 Å². The van der Waals surface area contributed by atoms with Crippen molar-refractivity contribution in [3.8, 4) is 5.75 Å². The van der Waals surface area contributed by atoms with Crippen molar-refractivity contribution in [2.24, 2.45) is 10.2 Å². The second-order valence-corrected chi connectivity index (χ2v) is 5.25. The van der Waals surface area contributed by atoms with Crippen LogP contribution in [0.25, 0.3) is 0 Å². The number of benzene rings is 1. The molecule has 0 radical (unpaired) electrons. The Morgan fingerprint density at radius 1 is 1.52 bits per heavy atom. The molecule has 1 N–H and O–H groups in total. The molecule has 1 aromatic carbocycles. The Kier molecular flexibility index (Phi) is 4.94. The van der Waals surface area contributed by atoms with Gasteiger partial charge in [0, 0.05) is 18.0 Å². The van der Waals surface area contributed by atoms with Gasteiger partial charge in [0.15, 0.2) is 5.17 Å². The first-order chi connectivity index (χ1) is 10.1. The number of ether oxygens (including phenoxy) is 1. The quantitative estimate of drug-likeness (QED) is 0.597. The summed E-state index contributed by atoms with van der Waals surface area (Å²) in [4.78, 5) is 22.0. The van der Waals surface area contributed by atoms with Crippen molar-refractivity contribution in [2.45, 2.75) is 11.7 Å². The Bertz CT molecular complexity index is 615. The highest BCUT2D eigenvalue weighted by molar-refractivity contribution is 8.15. The average Bonchev–Trinajstić information content (AvgIpc) is 2.79. The third kappa shape index (κ3) is 4.06. The molecule has 0 bridgehead atoms. The van der Waals surface area contributed by atoms with E-state index in [-0.39, 0.29) is 11.6 Å². The molecule has 1 saturated heterocycles. The third-order valence-electron chi connectivity index (χ3n) is 2.61. The molecule has 1 heterocycles. The summed E-state index contributed by atoms with van der Waals surface area (Å²) in [7, 11) is 1.55. The summed E-state index contributed by atoms with van der Waals surface area (Å²) in [6, 6.07) is 7.26. The molecule has 0 saturated carbocycles. The molecule has 0 aromatic heterocycles. The Balaban J connectivity index is 2.03. The number of para-hydroxylation sites is 1. The number of methoxy groups -OCH3 is 1. The van der Waals surface area contributed by atoms with Crippen molar-refractivity contribution in [3.05, 3.63) is 29.8 Å². The molecule has 0 spiro atoms. The van der Waals surface area contributed by atoms with Gasteiger partial charge < -0.3 is 20.0 Å². The van der Waals surface area contributed by atoms with E-state index in [1.807, 2.05) is 18.2 Å². The van der Waals surface area contributed by atoms with Gasteiger partial charge in [-0.1, -0.05) is 23.9 Å². The summed E-state index contributed by atoms with van der Waals surface area (Å²) in [5, 5.41) is 20.2. The van der Waals surface area contributed by atoms with Crippen molar-refractivity contribution in [3.63, 3.8) is 0 Å². The normalized spacial score (nSPS) is 20.0. The molecular formula is C13H12N3O4S-. The minimum absolute atomic E-state index is 0.261. The van der Waals surface area contributed by atoms with Gasteiger partial charge in [0.2, 0.25) is 5.91 Å². The Labute approximate surface area is 125 Å².